The van der Waals surface area contributed by atoms with Crippen LogP contribution in [0.2, 0.25) is 0 Å². The van der Waals surface area contributed by atoms with Gasteiger partial charge in [0.15, 0.2) is 0 Å². The van der Waals surface area contributed by atoms with Crippen LogP contribution in [0.4, 0.5) is 0 Å². The molecule has 0 spiro atoms. The number of benzene rings is 1. The Morgan fingerprint density at radius 3 is 2.33 bits per heavy atom. The van der Waals surface area contributed by atoms with Crippen molar-refractivity contribution in [2.45, 2.75) is 26.2 Å². The third-order valence-electron chi connectivity index (χ3n) is 2.09. The molecule has 0 aliphatic carbocycles. The SMILES string of the molecule is Cc1ccc(CCCC[NH3+])cc1. The first-order valence-electron chi connectivity index (χ1n) is 4.67. The molecule has 1 rings (SSSR count). The molecule has 0 atom stereocenters. The number of rotatable bonds is 4. The molecule has 0 saturated carbocycles. The number of hydrogen-bond donors (Lipinski definition) is 1. The first-order valence-corrected chi connectivity index (χ1v) is 4.67. The van der Waals surface area contributed by atoms with Crippen molar-refractivity contribution in [2.24, 2.45) is 0 Å². The molecular weight excluding hydrogens is 146 g/mol. The Labute approximate surface area is 74.6 Å². The maximum absolute atomic E-state index is 3.83. The quantitative estimate of drug-likeness (QED) is 0.654. The summed E-state index contributed by atoms with van der Waals surface area (Å²) in [6, 6.07) is 8.80. The Morgan fingerprint density at radius 1 is 1.08 bits per heavy atom. The summed E-state index contributed by atoms with van der Waals surface area (Å²) in [6.07, 6.45) is 3.72. The summed E-state index contributed by atoms with van der Waals surface area (Å²) in [6.45, 7) is 3.19. The highest BCUT2D eigenvalue weighted by atomic mass is 14.5. The van der Waals surface area contributed by atoms with Gasteiger partial charge in [-0.1, -0.05) is 29.8 Å². The molecule has 0 fully saturated rings. The molecule has 1 aromatic rings. The molecule has 0 radical (unpaired) electrons. The van der Waals surface area contributed by atoms with Crippen LogP contribution >= 0.6 is 0 Å². The lowest BCUT2D eigenvalue weighted by Crippen LogP contribution is -2.50. The largest absolute Gasteiger partial charge is 0.358 e. The Balaban J connectivity index is 2.37. The molecule has 3 N–H and O–H groups in total. The first-order chi connectivity index (χ1) is 5.83. The van der Waals surface area contributed by atoms with Gasteiger partial charge in [0.1, 0.15) is 0 Å². The Hall–Kier alpha value is -0.820. The lowest BCUT2D eigenvalue weighted by atomic mass is 10.1. The molecule has 0 amide bonds. The highest BCUT2D eigenvalue weighted by molar-refractivity contribution is 5.21. The van der Waals surface area contributed by atoms with E-state index in [1.165, 1.54) is 30.4 Å². The fourth-order valence-electron chi connectivity index (χ4n) is 1.26. The third-order valence-corrected chi connectivity index (χ3v) is 2.09. The molecule has 0 saturated heterocycles. The zero-order chi connectivity index (χ0) is 8.81. The maximum atomic E-state index is 3.83. The molecule has 0 aliphatic rings. The lowest BCUT2D eigenvalue weighted by Gasteiger charge is -1.99. The average Bonchev–Trinajstić information content (AvgIpc) is 2.09. The zero-order valence-corrected chi connectivity index (χ0v) is 7.84. The molecule has 66 valence electrons. The predicted molar refractivity (Wildman–Crippen MR) is 51.9 cm³/mol. The summed E-state index contributed by atoms with van der Waals surface area (Å²) in [5, 5.41) is 0. The molecule has 1 heteroatoms. The number of hydrogen-bond acceptors (Lipinski definition) is 0. The van der Waals surface area contributed by atoms with E-state index >= 15 is 0 Å². The second-order valence-electron chi connectivity index (χ2n) is 3.30. The molecular formula is C11H18N+. The number of quaternary nitrogens is 1. The fraction of sp³-hybridized carbons (Fsp3) is 0.455. The van der Waals surface area contributed by atoms with Gasteiger partial charge in [-0.05, 0) is 31.7 Å². The summed E-state index contributed by atoms with van der Waals surface area (Å²) < 4.78 is 0. The number of unbranched alkanes of at least 4 members (excludes halogenated alkanes) is 1. The van der Waals surface area contributed by atoms with Crippen molar-refractivity contribution in [3.8, 4) is 0 Å². The maximum Gasteiger partial charge on any atom is 0.0739 e. The van der Waals surface area contributed by atoms with Gasteiger partial charge in [0, 0.05) is 0 Å². The van der Waals surface area contributed by atoms with E-state index in [9.17, 15) is 0 Å². The number of aryl methyl sites for hydroxylation is 2. The van der Waals surface area contributed by atoms with E-state index in [1.807, 2.05) is 0 Å². The summed E-state index contributed by atoms with van der Waals surface area (Å²) in [5.41, 5.74) is 6.63. The molecule has 0 unspecified atom stereocenters. The minimum absolute atomic E-state index is 1.06. The average molecular weight is 164 g/mol. The van der Waals surface area contributed by atoms with Gasteiger partial charge in [-0.15, -0.1) is 0 Å². The molecule has 0 bridgehead atoms. The Bertz CT molecular complexity index is 213. The second-order valence-corrected chi connectivity index (χ2v) is 3.30. The molecule has 12 heavy (non-hydrogen) atoms. The summed E-state index contributed by atoms with van der Waals surface area (Å²) in [4.78, 5) is 0. The molecule has 0 aliphatic heterocycles. The van der Waals surface area contributed by atoms with E-state index in [-0.39, 0.29) is 0 Å². The van der Waals surface area contributed by atoms with Gasteiger partial charge >= 0.3 is 0 Å². The van der Waals surface area contributed by atoms with Crippen LogP contribution in [0.3, 0.4) is 0 Å². The summed E-state index contributed by atoms with van der Waals surface area (Å²) in [5.74, 6) is 0. The minimum Gasteiger partial charge on any atom is -0.358 e. The summed E-state index contributed by atoms with van der Waals surface area (Å²) in [7, 11) is 0. The first kappa shape index (κ1) is 9.27. The van der Waals surface area contributed by atoms with E-state index in [0.29, 0.717) is 0 Å². The van der Waals surface area contributed by atoms with E-state index in [0.717, 1.165) is 6.54 Å². The Kier molecular flexibility index (Phi) is 3.81. The lowest BCUT2D eigenvalue weighted by molar-refractivity contribution is -0.368. The van der Waals surface area contributed by atoms with E-state index < -0.39 is 0 Å². The van der Waals surface area contributed by atoms with E-state index in [4.69, 9.17) is 0 Å². The predicted octanol–water partition coefficient (Wildman–Crippen LogP) is 1.56. The van der Waals surface area contributed by atoms with E-state index in [1.54, 1.807) is 0 Å². The standard InChI is InChI=1S/C11H17N/c1-10-5-7-11(8-6-10)4-2-3-9-12/h5-8H,2-4,9,12H2,1H3/p+1. The van der Waals surface area contributed by atoms with Gasteiger partial charge in [-0.25, -0.2) is 0 Å². The topological polar surface area (TPSA) is 27.6 Å². The van der Waals surface area contributed by atoms with Crippen molar-refractivity contribution in [1.82, 2.24) is 0 Å². The molecule has 1 nitrogen and oxygen atoms in total. The van der Waals surface area contributed by atoms with E-state index in [2.05, 4.69) is 36.9 Å². The van der Waals surface area contributed by atoms with Crippen molar-refractivity contribution in [1.29, 1.82) is 0 Å². The second kappa shape index (κ2) is 4.94. The highest BCUT2D eigenvalue weighted by Gasteiger charge is 1.92. The minimum atomic E-state index is 1.06. The van der Waals surface area contributed by atoms with Crippen molar-refractivity contribution < 1.29 is 5.73 Å². The monoisotopic (exact) mass is 164 g/mol. The van der Waals surface area contributed by atoms with Crippen molar-refractivity contribution in [3.63, 3.8) is 0 Å². The van der Waals surface area contributed by atoms with Crippen molar-refractivity contribution in [3.05, 3.63) is 35.4 Å². The van der Waals surface area contributed by atoms with Crippen LogP contribution in [0.15, 0.2) is 24.3 Å². The van der Waals surface area contributed by atoms with Crippen LogP contribution in [0.25, 0.3) is 0 Å². The Morgan fingerprint density at radius 2 is 1.75 bits per heavy atom. The van der Waals surface area contributed by atoms with Crippen molar-refractivity contribution in [2.75, 3.05) is 6.54 Å². The van der Waals surface area contributed by atoms with Crippen LogP contribution in [-0.2, 0) is 6.42 Å². The smallest absolute Gasteiger partial charge is 0.0739 e. The molecule has 1 aromatic carbocycles. The molecule has 0 aromatic heterocycles. The fourth-order valence-corrected chi connectivity index (χ4v) is 1.26. The summed E-state index contributed by atoms with van der Waals surface area (Å²) >= 11 is 0. The molecule has 0 heterocycles. The van der Waals surface area contributed by atoms with Gasteiger partial charge in [0.2, 0.25) is 0 Å². The van der Waals surface area contributed by atoms with Gasteiger partial charge < -0.3 is 5.73 Å². The van der Waals surface area contributed by atoms with Crippen LogP contribution in [0.1, 0.15) is 24.0 Å². The third kappa shape index (κ3) is 3.05. The van der Waals surface area contributed by atoms with Gasteiger partial charge in [-0.2, -0.15) is 0 Å². The van der Waals surface area contributed by atoms with Crippen LogP contribution in [-0.4, -0.2) is 6.54 Å². The normalized spacial score (nSPS) is 10.2. The zero-order valence-electron chi connectivity index (χ0n) is 7.84. The highest BCUT2D eigenvalue weighted by Crippen LogP contribution is 2.06. The van der Waals surface area contributed by atoms with Crippen molar-refractivity contribution >= 4 is 0 Å². The van der Waals surface area contributed by atoms with Gasteiger partial charge in [0.05, 0.1) is 6.54 Å². The van der Waals surface area contributed by atoms with Gasteiger partial charge in [-0.3, -0.25) is 0 Å². The van der Waals surface area contributed by atoms with Crippen LogP contribution in [0, 0.1) is 6.92 Å². The van der Waals surface area contributed by atoms with Gasteiger partial charge in [0.25, 0.3) is 0 Å². The van der Waals surface area contributed by atoms with Crippen LogP contribution < -0.4 is 5.73 Å². The van der Waals surface area contributed by atoms with Crippen LogP contribution in [0.5, 0.6) is 0 Å².